The van der Waals surface area contributed by atoms with Gasteiger partial charge in [0, 0.05) is 39.4 Å². The van der Waals surface area contributed by atoms with Gasteiger partial charge in [0.25, 0.3) is 5.91 Å². The number of imide groups is 1. The fraction of sp³-hybridized carbons (Fsp3) is 0.481. The fourth-order valence-electron chi connectivity index (χ4n) is 5.29. The van der Waals surface area contributed by atoms with E-state index in [9.17, 15) is 14.0 Å². The number of amides is 3. The summed E-state index contributed by atoms with van der Waals surface area (Å²) >= 11 is 0. The molecule has 34 heavy (non-hydrogen) atoms. The van der Waals surface area contributed by atoms with Gasteiger partial charge in [-0.05, 0) is 49.8 Å². The van der Waals surface area contributed by atoms with Crippen LogP contribution in [0.4, 0.5) is 9.18 Å². The Balaban J connectivity index is 1.49. The van der Waals surface area contributed by atoms with E-state index in [1.54, 1.807) is 18.1 Å². The second-order valence-corrected chi connectivity index (χ2v) is 9.37. The molecule has 2 heterocycles. The van der Waals surface area contributed by atoms with Crippen molar-refractivity contribution in [1.82, 2.24) is 14.7 Å². The predicted octanol–water partition coefficient (Wildman–Crippen LogP) is 4.09. The Morgan fingerprint density at radius 3 is 2.38 bits per heavy atom. The summed E-state index contributed by atoms with van der Waals surface area (Å²) in [6.45, 7) is 4.80. The highest BCUT2D eigenvalue weighted by Crippen LogP contribution is 2.38. The lowest BCUT2D eigenvalue weighted by Gasteiger charge is -2.44. The maximum absolute atomic E-state index is 14.1. The molecular formula is C27H34FN3O3. The van der Waals surface area contributed by atoms with Crippen molar-refractivity contribution in [2.45, 2.75) is 50.7 Å². The third kappa shape index (κ3) is 4.86. The number of carbonyl (C=O) groups excluding carboxylic acids is 2. The lowest BCUT2D eigenvalue weighted by Crippen LogP contribution is -2.58. The lowest BCUT2D eigenvalue weighted by atomic mass is 9.84. The first kappa shape index (κ1) is 24.4. The number of piperidine rings is 1. The summed E-state index contributed by atoms with van der Waals surface area (Å²) in [7, 11) is 1.64. The molecule has 0 N–H and O–H groups in total. The molecule has 2 saturated heterocycles. The average molecular weight is 468 g/mol. The Kier molecular flexibility index (Phi) is 7.63. The Morgan fingerprint density at radius 1 is 1.03 bits per heavy atom. The number of urea groups is 1. The summed E-state index contributed by atoms with van der Waals surface area (Å²) < 4.78 is 19.4. The summed E-state index contributed by atoms with van der Waals surface area (Å²) in [6, 6.07) is 16.5. The number of hydrogen-bond acceptors (Lipinski definition) is 4. The standard InChI is InChI=1S/C27H34FN3O3/c1-21(19-23-11-6-7-12-24(23)28)29-16-13-27(14-17-29)25(32)30(20-22-9-4-3-5-10-22)26(33)31(27)15-8-18-34-2/h3-7,9-12,21H,8,13-20H2,1-2H3. The zero-order valence-corrected chi connectivity index (χ0v) is 20.1. The largest absolute Gasteiger partial charge is 0.385 e. The van der Waals surface area contributed by atoms with Gasteiger partial charge in [0.1, 0.15) is 11.4 Å². The average Bonchev–Trinajstić information content (AvgIpc) is 3.03. The smallest absolute Gasteiger partial charge is 0.327 e. The van der Waals surface area contributed by atoms with Crippen molar-refractivity contribution in [2.24, 2.45) is 0 Å². The monoisotopic (exact) mass is 467 g/mol. The van der Waals surface area contributed by atoms with Crippen molar-refractivity contribution in [3.8, 4) is 0 Å². The van der Waals surface area contributed by atoms with Gasteiger partial charge in [0.2, 0.25) is 0 Å². The quantitative estimate of drug-likeness (QED) is 0.412. The molecule has 1 spiro atoms. The van der Waals surface area contributed by atoms with Crippen molar-refractivity contribution in [3.05, 3.63) is 71.5 Å². The Bertz CT molecular complexity index is 992. The highest BCUT2D eigenvalue weighted by molar-refractivity contribution is 6.07. The van der Waals surface area contributed by atoms with Gasteiger partial charge in [-0.2, -0.15) is 0 Å². The van der Waals surface area contributed by atoms with E-state index in [-0.39, 0.29) is 30.3 Å². The van der Waals surface area contributed by atoms with Crippen LogP contribution in [0.5, 0.6) is 0 Å². The number of ether oxygens (including phenoxy) is 1. The SMILES string of the molecule is COCCCN1C(=O)N(Cc2ccccc2)C(=O)C12CCN(C(C)Cc1ccccc1F)CC2. The summed E-state index contributed by atoms with van der Waals surface area (Å²) in [4.78, 5) is 32.6. The minimum atomic E-state index is -0.812. The van der Waals surface area contributed by atoms with E-state index in [2.05, 4.69) is 11.8 Å². The van der Waals surface area contributed by atoms with Crippen LogP contribution in [0.25, 0.3) is 0 Å². The van der Waals surface area contributed by atoms with Crippen molar-refractivity contribution in [3.63, 3.8) is 0 Å². The minimum absolute atomic E-state index is 0.0971. The first-order valence-electron chi connectivity index (χ1n) is 12.1. The molecule has 0 bridgehead atoms. The summed E-state index contributed by atoms with van der Waals surface area (Å²) in [5.41, 5.74) is 0.833. The van der Waals surface area contributed by atoms with E-state index in [4.69, 9.17) is 4.74 Å². The molecule has 4 rings (SSSR count). The van der Waals surface area contributed by atoms with Gasteiger partial charge in [-0.15, -0.1) is 0 Å². The lowest BCUT2D eigenvalue weighted by molar-refractivity contribution is -0.136. The Labute approximate surface area is 201 Å². The van der Waals surface area contributed by atoms with Crippen LogP contribution in [0, 0.1) is 5.82 Å². The van der Waals surface area contributed by atoms with Crippen molar-refractivity contribution in [2.75, 3.05) is 33.4 Å². The molecule has 2 fully saturated rings. The number of likely N-dealkylation sites (tertiary alicyclic amines) is 1. The third-order valence-corrected chi connectivity index (χ3v) is 7.26. The van der Waals surface area contributed by atoms with E-state index in [1.165, 1.54) is 11.0 Å². The van der Waals surface area contributed by atoms with Gasteiger partial charge >= 0.3 is 6.03 Å². The van der Waals surface area contributed by atoms with Gasteiger partial charge in [-0.1, -0.05) is 48.5 Å². The third-order valence-electron chi connectivity index (χ3n) is 7.26. The van der Waals surface area contributed by atoms with Gasteiger partial charge in [-0.25, -0.2) is 9.18 Å². The maximum atomic E-state index is 14.1. The number of hydrogen-bond donors (Lipinski definition) is 0. The topological polar surface area (TPSA) is 53.1 Å². The van der Waals surface area contributed by atoms with Crippen LogP contribution in [0.1, 0.15) is 37.3 Å². The number of carbonyl (C=O) groups is 2. The highest BCUT2D eigenvalue weighted by atomic mass is 19.1. The van der Waals surface area contributed by atoms with E-state index >= 15 is 0 Å². The zero-order valence-electron chi connectivity index (χ0n) is 20.1. The van der Waals surface area contributed by atoms with Crippen molar-refractivity contribution < 1.29 is 18.7 Å². The molecule has 2 aliphatic heterocycles. The molecule has 0 radical (unpaired) electrons. The Morgan fingerprint density at radius 2 is 1.71 bits per heavy atom. The first-order chi connectivity index (χ1) is 16.5. The number of nitrogens with zero attached hydrogens (tertiary/aromatic N) is 3. The normalized spacial score (nSPS) is 19.3. The molecular weight excluding hydrogens is 433 g/mol. The number of halogens is 1. The van der Waals surface area contributed by atoms with E-state index in [0.717, 1.165) is 5.56 Å². The Hall–Kier alpha value is -2.77. The van der Waals surface area contributed by atoms with E-state index in [0.29, 0.717) is 57.5 Å². The molecule has 6 nitrogen and oxygen atoms in total. The molecule has 1 atom stereocenters. The molecule has 1 unspecified atom stereocenters. The number of benzene rings is 2. The van der Waals surface area contributed by atoms with Crippen LogP contribution in [-0.4, -0.2) is 71.6 Å². The molecule has 0 aliphatic carbocycles. The van der Waals surface area contributed by atoms with Crippen LogP contribution in [-0.2, 0) is 22.5 Å². The molecule has 2 aromatic carbocycles. The molecule has 0 saturated carbocycles. The maximum Gasteiger partial charge on any atom is 0.327 e. The summed E-state index contributed by atoms with van der Waals surface area (Å²) in [5.74, 6) is -0.277. The molecule has 3 amide bonds. The van der Waals surface area contributed by atoms with Crippen LogP contribution < -0.4 is 0 Å². The highest BCUT2D eigenvalue weighted by Gasteiger charge is 2.57. The number of methoxy groups -OCH3 is 1. The zero-order chi connectivity index (χ0) is 24.1. The van der Waals surface area contributed by atoms with Crippen LogP contribution in [0.2, 0.25) is 0 Å². The molecule has 2 aliphatic rings. The van der Waals surface area contributed by atoms with Gasteiger partial charge in [-0.3, -0.25) is 9.69 Å². The van der Waals surface area contributed by atoms with Crippen LogP contribution >= 0.6 is 0 Å². The van der Waals surface area contributed by atoms with E-state index in [1.807, 2.05) is 42.5 Å². The fourth-order valence-corrected chi connectivity index (χ4v) is 5.29. The van der Waals surface area contributed by atoms with Crippen molar-refractivity contribution >= 4 is 11.9 Å². The van der Waals surface area contributed by atoms with Crippen molar-refractivity contribution in [1.29, 1.82) is 0 Å². The molecule has 182 valence electrons. The summed E-state index contributed by atoms with van der Waals surface area (Å²) in [5, 5.41) is 0. The number of rotatable bonds is 9. The van der Waals surface area contributed by atoms with Gasteiger partial charge in [0.15, 0.2) is 0 Å². The predicted molar refractivity (Wildman–Crippen MR) is 129 cm³/mol. The van der Waals surface area contributed by atoms with Gasteiger partial charge < -0.3 is 14.5 Å². The molecule has 7 heteroatoms. The van der Waals surface area contributed by atoms with E-state index < -0.39 is 5.54 Å². The first-order valence-corrected chi connectivity index (χ1v) is 12.1. The van der Waals surface area contributed by atoms with Crippen LogP contribution in [0.15, 0.2) is 54.6 Å². The summed E-state index contributed by atoms with van der Waals surface area (Å²) in [6.07, 6.45) is 2.46. The van der Waals surface area contributed by atoms with Gasteiger partial charge in [0.05, 0.1) is 6.54 Å². The van der Waals surface area contributed by atoms with Crippen LogP contribution in [0.3, 0.4) is 0 Å². The second-order valence-electron chi connectivity index (χ2n) is 9.37. The minimum Gasteiger partial charge on any atom is -0.385 e. The molecule has 2 aromatic rings. The molecule has 0 aromatic heterocycles. The second kappa shape index (κ2) is 10.7.